The van der Waals surface area contributed by atoms with Crippen molar-refractivity contribution in [3.8, 4) is 0 Å². The Bertz CT molecular complexity index is 1280. The molecule has 0 aliphatic carbocycles. The second kappa shape index (κ2) is 9.81. The van der Waals surface area contributed by atoms with Gasteiger partial charge in [0.1, 0.15) is 5.82 Å². The van der Waals surface area contributed by atoms with Gasteiger partial charge in [0.05, 0.1) is 11.3 Å². The highest BCUT2D eigenvalue weighted by Crippen LogP contribution is 2.38. The zero-order valence-corrected chi connectivity index (χ0v) is 20.1. The second-order valence-corrected chi connectivity index (χ2v) is 9.51. The van der Waals surface area contributed by atoms with Crippen LogP contribution in [0.5, 0.6) is 0 Å². The van der Waals surface area contributed by atoms with Crippen molar-refractivity contribution in [1.82, 2.24) is 10.3 Å². The largest absolute Gasteiger partial charge is 0.366 e. The Kier molecular flexibility index (Phi) is 6.41. The Morgan fingerprint density at radius 3 is 2.25 bits per heavy atom. The van der Waals surface area contributed by atoms with Gasteiger partial charge in [-0.1, -0.05) is 18.2 Å². The molecule has 4 N–H and O–H groups in total. The number of nitrogens with two attached hydrogens (primary N) is 1. The van der Waals surface area contributed by atoms with Gasteiger partial charge in [-0.3, -0.25) is 14.4 Å². The molecule has 1 aromatic heterocycles. The third-order valence-electron chi connectivity index (χ3n) is 7.09. The van der Waals surface area contributed by atoms with Gasteiger partial charge in [-0.25, -0.2) is 4.98 Å². The number of benzene rings is 2. The SMILES string of the molecule is CC(=O)c1ccc(N2[C@@H]3CC[C@H]2CC(NC(=O)c2ccc(C(N)=O)c(Nc4ccccc4)c2)C3)nc1. The van der Waals surface area contributed by atoms with Gasteiger partial charge in [0.25, 0.3) is 11.8 Å². The maximum atomic E-state index is 13.2. The van der Waals surface area contributed by atoms with E-state index in [0.717, 1.165) is 37.2 Å². The van der Waals surface area contributed by atoms with E-state index in [-0.39, 0.29) is 29.8 Å². The molecule has 3 aromatic rings. The molecule has 2 aliphatic heterocycles. The molecule has 3 heterocycles. The number of primary amides is 1. The first-order chi connectivity index (χ1) is 17.4. The molecule has 8 heteroatoms. The lowest BCUT2D eigenvalue weighted by atomic mass is 9.96. The van der Waals surface area contributed by atoms with E-state index in [4.69, 9.17) is 5.73 Å². The van der Waals surface area contributed by atoms with Crippen LogP contribution in [0.1, 0.15) is 63.7 Å². The fourth-order valence-electron chi connectivity index (χ4n) is 5.37. The zero-order chi connectivity index (χ0) is 25.2. The first-order valence-electron chi connectivity index (χ1n) is 12.2. The predicted molar refractivity (Wildman–Crippen MR) is 139 cm³/mol. The van der Waals surface area contributed by atoms with Gasteiger partial charge in [-0.15, -0.1) is 0 Å². The van der Waals surface area contributed by atoms with Crippen molar-refractivity contribution in [2.24, 2.45) is 5.73 Å². The van der Waals surface area contributed by atoms with Crippen molar-refractivity contribution < 1.29 is 14.4 Å². The maximum Gasteiger partial charge on any atom is 0.251 e. The van der Waals surface area contributed by atoms with E-state index in [1.54, 1.807) is 24.4 Å². The first-order valence-corrected chi connectivity index (χ1v) is 12.2. The van der Waals surface area contributed by atoms with Crippen molar-refractivity contribution in [2.45, 2.75) is 50.7 Å². The number of hydrogen-bond acceptors (Lipinski definition) is 6. The van der Waals surface area contributed by atoms with Crippen LogP contribution in [0.15, 0.2) is 66.9 Å². The second-order valence-electron chi connectivity index (χ2n) is 9.51. The molecule has 3 atom stereocenters. The minimum atomic E-state index is -0.561. The molecule has 2 fully saturated rings. The van der Waals surface area contributed by atoms with E-state index >= 15 is 0 Å². The van der Waals surface area contributed by atoms with Gasteiger partial charge in [-0.05, 0) is 75.1 Å². The molecule has 2 aliphatic rings. The number of nitrogens with one attached hydrogen (secondary N) is 2. The number of carbonyl (C=O) groups is 3. The molecule has 36 heavy (non-hydrogen) atoms. The van der Waals surface area contributed by atoms with E-state index in [1.165, 1.54) is 6.92 Å². The van der Waals surface area contributed by atoms with E-state index in [9.17, 15) is 14.4 Å². The quantitative estimate of drug-likeness (QED) is 0.436. The number of carbonyl (C=O) groups excluding carboxylic acids is 3. The van der Waals surface area contributed by atoms with Gasteiger partial charge in [0.15, 0.2) is 5.78 Å². The summed E-state index contributed by atoms with van der Waals surface area (Å²) >= 11 is 0. The van der Waals surface area contributed by atoms with Crippen LogP contribution in [0.3, 0.4) is 0 Å². The Labute approximate surface area is 209 Å². The molecule has 2 saturated heterocycles. The summed E-state index contributed by atoms with van der Waals surface area (Å²) in [5.41, 5.74) is 8.25. The van der Waals surface area contributed by atoms with Crippen LogP contribution >= 0.6 is 0 Å². The molecule has 2 aromatic carbocycles. The molecule has 184 valence electrons. The van der Waals surface area contributed by atoms with Gasteiger partial charge in [-0.2, -0.15) is 0 Å². The van der Waals surface area contributed by atoms with E-state index in [1.807, 2.05) is 42.5 Å². The zero-order valence-electron chi connectivity index (χ0n) is 20.1. The van der Waals surface area contributed by atoms with E-state index < -0.39 is 5.91 Å². The highest BCUT2D eigenvalue weighted by atomic mass is 16.2. The first kappa shape index (κ1) is 23.5. The monoisotopic (exact) mass is 483 g/mol. The predicted octanol–water partition coefficient (Wildman–Crippen LogP) is 4.06. The Morgan fingerprint density at radius 1 is 0.944 bits per heavy atom. The van der Waals surface area contributed by atoms with Crippen LogP contribution in [0.4, 0.5) is 17.2 Å². The Hall–Kier alpha value is -4.20. The van der Waals surface area contributed by atoms with Crippen LogP contribution in [-0.2, 0) is 0 Å². The lowest BCUT2D eigenvalue weighted by Gasteiger charge is -2.40. The number of anilines is 3. The lowest BCUT2D eigenvalue weighted by Crippen LogP contribution is -2.50. The summed E-state index contributed by atoms with van der Waals surface area (Å²) in [5, 5.41) is 6.39. The third-order valence-corrected chi connectivity index (χ3v) is 7.09. The van der Waals surface area contributed by atoms with Crippen molar-refractivity contribution in [3.05, 3.63) is 83.6 Å². The summed E-state index contributed by atoms with van der Waals surface area (Å²) in [6.07, 6.45) is 5.39. The third kappa shape index (κ3) is 4.79. The average Bonchev–Trinajstić information content (AvgIpc) is 3.14. The minimum absolute atomic E-state index is 0.00410. The lowest BCUT2D eigenvalue weighted by molar-refractivity contribution is 0.0924. The summed E-state index contributed by atoms with van der Waals surface area (Å²) in [4.78, 5) is 43.6. The Morgan fingerprint density at radius 2 is 1.64 bits per heavy atom. The number of amides is 2. The number of Topliss-reactive ketones (excluding diaryl/α,β-unsaturated/α-hetero) is 1. The maximum absolute atomic E-state index is 13.2. The summed E-state index contributed by atoms with van der Waals surface area (Å²) in [6.45, 7) is 1.54. The number of nitrogens with zero attached hydrogens (tertiary/aromatic N) is 2. The number of ketones is 1. The van der Waals surface area contributed by atoms with Crippen LogP contribution in [0, 0.1) is 0 Å². The number of hydrogen-bond donors (Lipinski definition) is 3. The number of piperidine rings is 1. The van der Waals surface area contributed by atoms with Gasteiger partial charge in [0.2, 0.25) is 0 Å². The molecule has 0 spiro atoms. The fourth-order valence-corrected chi connectivity index (χ4v) is 5.37. The number of aromatic nitrogens is 1. The molecular formula is C28H29N5O3. The van der Waals surface area contributed by atoms with Crippen LogP contribution in [0.2, 0.25) is 0 Å². The van der Waals surface area contributed by atoms with Gasteiger partial charge < -0.3 is 21.3 Å². The topological polar surface area (TPSA) is 117 Å². The number of rotatable bonds is 7. The van der Waals surface area contributed by atoms with Crippen LogP contribution < -0.4 is 21.3 Å². The molecule has 1 unspecified atom stereocenters. The molecule has 2 amide bonds. The summed E-state index contributed by atoms with van der Waals surface area (Å²) < 4.78 is 0. The van der Waals surface area contributed by atoms with Crippen molar-refractivity contribution >= 4 is 34.8 Å². The molecule has 2 bridgehead atoms. The standard InChI is InChI=1S/C28H29N5O3/c1-17(34)19-8-12-26(30-16-19)33-22-9-10-23(33)15-21(14-22)32-28(36)18-7-11-24(27(29)35)25(13-18)31-20-5-3-2-4-6-20/h2-8,11-13,16,21-23,31H,9-10,14-15H2,1H3,(H2,29,35)(H,32,36)/t21?,22-,23+. The number of fused-ring (bicyclic) bond motifs is 2. The highest BCUT2D eigenvalue weighted by molar-refractivity contribution is 6.02. The van der Waals surface area contributed by atoms with Crippen LogP contribution in [0.25, 0.3) is 0 Å². The average molecular weight is 484 g/mol. The van der Waals surface area contributed by atoms with Crippen molar-refractivity contribution in [1.29, 1.82) is 0 Å². The summed E-state index contributed by atoms with van der Waals surface area (Å²) in [7, 11) is 0. The normalized spacial score (nSPS) is 20.6. The molecule has 0 radical (unpaired) electrons. The number of para-hydroxylation sites is 1. The molecule has 5 rings (SSSR count). The molecule has 8 nitrogen and oxygen atoms in total. The van der Waals surface area contributed by atoms with Crippen LogP contribution in [-0.4, -0.2) is 40.7 Å². The smallest absolute Gasteiger partial charge is 0.251 e. The van der Waals surface area contributed by atoms with E-state index in [0.29, 0.717) is 22.4 Å². The number of pyridine rings is 1. The molecule has 0 saturated carbocycles. The van der Waals surface area contributed by atoms with E-state index in [2.05, 4.69) is 20.5 Å². The summed E-state index contributed by atoms with van der Waals surface area (Å²) in [5.74, 6) is 0.151. The Balaban J connectivity index is 1.28. The van der Waals surface area contributed by atoms with Gasteiger partial charge >= 0.3 is 0 Å². The fraction of sp³-hybridized carbons (Fsp3) is 0.286. The van der Waals surface area contributed by atoms with Crippen molar-refractivity contribution in [2.75, 3.05) is 10.2 Å². The van der Waals surface area contributed by atoms with Gasteiger partial charge in [0, 0.05) is 41.1 Å². The highest BCUT2D eigenvalue weighted by Gasteiger charge is 2.41. The van der Waals surface area contributed by atoms with Crippen molar-refractivity contribution in [3.63, 3.8) is 0 Å². The minimum Gasteiger partial charge on any atom is -0.366 e. The molecular weight excluding hydrogens is 454 g/mol. The summed E-state index contributed by atoms with van der Waals surface area (Å²) in [6, 6.07) is 18.7.